The summed E-state index contributed by atoms with van der Waals surface area (Å²) in [6.45, 7) is 3.84. The number of aromatic nitrogens is 1. The van der Waals surface area contributed by atoms with Crippen molar-refractivity contribution in [2.45, 2.75) is 26.3 Å². The lowest BCUT2D eigenvalue weighted by Crippen LogP contribution is -2.33. The Morgan fingerprint density at radius 1 is 1.14 bits per heavy atom. The molecule has 0 aliphatic carbocycles. The summed E-state index contributed by atoms with van der Waals surface area (Å²) < 4.78 is 0. The maximum absolute atomic E-state index is 12.6. The van der Waals surface area contributed by atoms with Crippen molar-refractivity contribution >= 4 is 5.91 Å². The molecule has 0 aliphatic rings. The van der Waals surface area contributed by atoms with Crippen LogP contribution in [0.4, 0.5) is 0 Å². The van der Waals surface area contributed by atoms with E-state index in [1.807, 2.05) is 54.3 Å². The summed E-state index contributed by atoms with van der Waals surface area (Å²) in [6.07, 6.45) is 2.96. The van der Waals surface area contributed by atoms with Gasteiger partial charge in [0.25, 0.3) is 0 Å². The summed E-state index contributed by atoms with van der Waals surface area (Å²) in [5, 5.41) is 0. The number of carbonyl (C=O) groups is 1. The Hall–Kier alpha value is -2.20. The van der Waals surface area contributed by atoms with Gasteiger partial charge in [0.15, 0.2) is 0 Å². The van der Waals surface area contributed by atoms with Gasteiger partial charge in [-0.25, -0.2) is 0 Å². The Balaban J connectivity index is 2.03. The fraction of sp³-hybridized carbons (Fsp3) is 0.333. The fourth-order valence-corrected chi connectivity index (χ4v) is 2.27. The number of nitrogens with two attached hydrogens (primary N) is 1. The van der Waals surface area contributed by atoms with Gasteiger partial charge in [0.05, 0.1) is 6.42 Å². The molecular formula is C18H23N3O. The summed E-state index contributed by atoms with van der Waals surface area (Å²) in [5.41, 5.74) is 8.63. The predicted octanol–water partition coefficient (Wildman–Crippen LogP) is 2.31. The van der Waals surface area contributed by atoms with Crippen LogP contribution >= 0.6 is 0 Å². The average Bonchev–Trinajstić information content (AvgIpc) is 2.54. The Labute approximate surface area is 132 Å². The Kier molecular flexibility index (Phi) is 6.10. The van der Waals surface area contributed by atoms with Crippen LogP contribution in [0.3, 0.4) is 0 Å². The van der Waals surface area contributed by atoms with E-state index in [1.54, 1.807) is 6.20 Å². The molecule has 0 spiro atoms. The highest BCUT2D eigenvalue weighted by atomic mass is 16.2. The zero-order valence-corrected chi connectivity index (χ0v) is 13.0. The predicted molar refractivity (Wildman–Crippen MR) is 88.2 cm³/mol. The number of benzene rings is 1. The highest BCUT2D eigenvalue weighted by Gasteiger charge is 2.14. The molecule has 0 saturated heterocycles. The average molecular weight is 297 g/mol. The highest BCUT2D eigenvalue weighted by molar-refractivity contribution is 5.78. The second-order valence-corrected chi connectivity index (χ2v) is 5.43. The van der Waals surface area contributed by atoms with E-state index in [-0.39, 0.29) is 5.91 Å². The third-order valence-corrected chi connectivity index (χ3v) is 3.53. The molecule has 0 bridgehead atoms. The number of pyridine rings is 1. The van der Waals surface area contributed by atoms with E-state index in [0.717, 1.165) is 23.2 Å². The van der Waals surface area contributed by atoms with Crippen molar-refractivity contribution < 1.29 is 4.79 Å². The third kappa shape index (κ3) is 4.97. The van der Waals surface area contributed by atoms with E-state index in [0.29, 0.717) is 26.1 Å². The van der Waals surface area contributed by atoms with Gasteiger partial charge < -0.3 is 10.6 Å². The van der Waals surface area contributed by atoms with Gasteiger partial charge >= 0.3 is 0 Å². The van der Waals surface area contributed by atoms with E-state index in [9.17, 15) is 4.79 Å². The van der Waals surface area contributed by atoms with Crippen molar-refractivity contribution in [2.24, 2.45) is 5.73 Å². The lowest BCUT2D eigenvalue weighted by atomic mass is 10.1. The molecule has 0 saturated carbocycles. The molecule has 0 radical (unpaired) electrons. The summed E-state index contributed by atoms with van der Waals surface area (Å²) >= 11 is 0. The second-order valence-electron chi connectivity index (χ2n) is 5.43. The molecule has 2 N–H and O–H groups in total. The first-order valence-corrected chi connectivity index (χ1v) is 7.62. The molecule has 1 aromatic carbocycles. The minimum absolute atomic E-state index is 0.114. The second kappa shape index (κ2) is 8.29. The van der Waals surface area contributed by atoms with Gasteiger partial charge in [-0.05, 0) is 37.1 Å². The summed E-state index contributed by atoms with van der Waals surface area (Å²) in [7, 11) is 0. The summed E-state index contributed by atoms with van der Waals surface area (Å²) in [5.74, 6) is 0.114. The summed E-state index contributed by atoms with van der Waals surface area (Å²) in [6, 6.07) is 13.9. The number of hydrogen-bond donors (Lipinski definition) is 1. The van der Waals surface area contributed by atoms with Crippen molar-refractivity contribution in [1.29, 1.82) is 0 Å². The molecule has 0 aliphatic heterocycles. The molecule has 4 nitrogen and oxygen atoms in total. The summed E-state index contributed by atoms with van der Waals surface area (Å²) in [4.78, 5) is 18.7. The third-order valence-electron chi connectivity index (χ3n) is 3.53. The maximum Gasteiger partial charge on any atom is 0.227 e. The first-order valence-electron chi connectivity index (χ1n) is 7.62. The number of rotatable bonds is 7. The van der Waals surface area contributed by atoms with Crippen LogP contribution in [0.15, 0.2) is 48.7 Å². The van der Waals surface area contributed by atoms with Crippen LogP contribution in [0.5, 0.6) is 0 Å². The number of aryl methyl sites for hydroxylation is 1. The van der Waals surface area contributed by atoms with Gasteiger partial charge in [-0.3, -0.25) is 9.78 Å². The minimum atomic E-state index is 0.114. The monoisotopic (exact) mass is 297 g/mol. The van der Waals surface area contributed by atoms with Crippen LogP contribution in [0.25, 0.3) is 0 Å². The Bertz CT molecular complexity index is 581. The van der Waals surface area contributed by atoms with Crippen LogP contribution in [-0.2, 0) is 17.8 Å². The molecule has 0 atom stereocenters. The fourth-order valence-electron chi connectivity index (χ4n) is 2.27. The molecule has 4 heteroatoms. The molecule has 1 aromatic heterocycles. The Morgan fingerprint density at radius 3 is 2.55 bits per heavy atom. The maximum atomic E-state index is 12.6. The molecular weight excluding hydrogens is 274 g/mol. The minimum Gasteiger partial charge on any atom is -0.338 e. The number of carbonyl (C=O) groups excluding carboxylic acids is 1. The van der Waals surface area contributed by atoms with Gasteiger partial charge in [-0.1, -0.05) is 36.4 Å². The van der Waals surface area contributed by atoms with Crippen molar-refractivity contribution in [3.8, 4) is 0 Å². The van der Waals surface area contributed by atoms with Crippen molar-refractivity contribution in [3.05, 3.63) is 65.5 Å². The normalized spacial score (nSPS) is 10.5. The van der Waals surface area contributed by atoms with Crippen LogP contribution in [0.1, 0.15) is 23.2 Å². The van der Waals surface area contributed by atoms with E-state index in [2.05, 4.69) is 4.98 Å². The van der Waals surface area contributed by atoms with Gasteiger partial charge in [-0.2, -0.15) is 0 Å². The SMILES string of the molecule is Cc1ccc(CC(=O)N(CCCN)Cc2ccccc2)cn1. The van der Waals surface area contributed by atoms with Gasteiger partial charge in [0, 0.05) is 25.0 Å². The molecule has 0 fully saturated rings. The molecule has 2 aromatic rings. The number of nitrogens with zero attached hydrogens (tertiary/aromatic N) is 2. The van der Waals surface area contributed by atoms with Crippen molar-refractivity contribution in [3.63, 3.8) is 0 Å². The molecule has 1 amide bonds. The lowest BCUT2D eigenvalue weighted by molar-refractivity contribution is -0.131. The van der Waals surface area contributed by atoms with E-state index >= 15 is 0 Å². The van der Waals surface area contributed by atoms with Gasteiger partial charge in [0.1, 0.15) is 0 Å². The largest absolute Gasteiger partial charge is 0.338 e. The van der Waals surface area contributed by atoms with E-state index in [4.69, 9.17) is 5.73 Å². The topological polar surface area (TPSA) is 59.2 Å². The van der Waals surface area contributed by atoms with Crippen LogP contribution < -0.4 is 5.73 Å². The number of amides is 1. The lowest BCUT2D eigenvalue weighted by Gasteiger charge is -2.23. The molecule has 2 rings (SSSR count). The van der Waals surface area contributed by atoms with Crippen molar-refractivity contribution in [2.75, 3.05) is 13.1 Å². The zero-order chi connectivity index (χ0) is 15.8. The Morgan fingerprint density at radius 2 is 1.91 bits per heavy atom. The van der Waals surface area contributed by atoms with Crippen molar-refractivity contribution in [1.82, 2.24) is 9.88 Å². The molecule has 1 heterocycles. The van der Waals surface area contributed by atoms with E-state index in [1.165, 1.54) is 0 Å². The first kappa shape index (κ1) is 16.2. The highest BCUT2D eigenvalue weighted by Crippen LogP contribution is 2.09. The molecule has 116 valence electrons. The van der Waals surface area contributed by atoms with Gasteiger partial charge in [0.2, 0.25) is 5.91 Å². The smallest absolute Gasteiger partial charge is 0.227 e. The zero-order valence-electron chi connectivity index (χ0n) is 13.0. The van der Waals surface area contributed by atoms with Crippen LogP contribution in [-0.4, -0.2) is 28.9 Å². The quantitative estimate of drug-likeness (QED) is 0.853. The van der Waals surface area contributed by atoms with Crippen LogP contribution in [0, 0.1) is 6.92 Å². The standard InChI is InChI=1S/C18H23N3O/c1-15-8-9-17(13-20-15)12-18(22)21(11-5-10-19)14-16-6-3-2-4-7-16/h2-4,6-9,13H,5,10-12,14,19H2,1H3. The van der Waals surface area contributed by atoms with Crippen LogP contribution in [0.2, 0.25) is 0 Å². The van der Waals surface area contributed by atoms with E-state index < -0.39 is 0 Å². The molecule has 22 heavy (non-hydrogen) atoms. The number of hydrogen-bond acceptors (Lipinski definition) is 3. The van der Waals surface area contributed by atoms with Gasteiger partial charge in [-0.15, -0.1) is 0 Å². The molecule has 0 unspecified atom stereocenters. The first-order chi connectivity index (χ1) is 10.7.